The first-order valence-electron chi connectivity index (χ1n) is 6.39. The van der Waals surface area contributed by atoms with Gasteiger partial charge in [0.1, 0.15) is 5.56 Å². The lowest BCUT2D eigenvalue weighted by Crippen LogP contribution is -2.12. The fourth-order valence-corrected chi connectivity index (χ4v) is 1.66. The summed E-state index contributed by atoms with van der Waals surface area (Å²) in [7, 11) is 0. The summed E-state index contributed by atoms with van der Waals surface area (Å²) in [4.78, 5) is 17.3. The van der Waals surface area contributed by atoms with E-state index in [2.05, 4.69) is 15.3 Å². The van der Waals surface area contributed by atoms with Gasteiger partial charge in [0.05, 0.1) is 11.5 Å². The number of alkyl halides is 3. The SMILES string of the molecule is CCOc1nc(Nc2ccc([N+](=O)[O-])cc2)ncc1C(F)(F)F. The van der Waals surface area contributed by atoms with E-state index in [9.17, 15) is 23.3 Å². The highest BCUT2D eigenvalue weighted by Crippen LogP contribution is 2.35. The first-order chi connectivity index (χ1) is 10.8. The monoisotopic (exact) mass is 328 g/mol. The zero-order valence-electron chi connectivity index (χ0n) is 11.8. The molecule has 0 aliphatic carbocycles. The van der Waals surface area contributed by atoms with Crippen LogP contribution in [0.1, 0.15) is 12.5 Å². The Hall–Kier alpha value is -2.91. The molecular weight excluding hydrogens is 317 g/mol. The van der Waals surface area contributed by atoms with E-state index in [1.54, 1.807) is 0 Å². The maximum Gasteiger partial charge on any atom is 0.423 e. The summed E-state index contributed by atoms with van der Waals surface area (Å²) in [5.41, 5.74) is -0.801. The molecule has 1 aromatic carbocycles. The van der Waals surface area contributed by atoms with Crippen LogP contribution in [0.5, 0.6) is 5.88 Å². The van der Waals surface area contributed by atoms with Gasteiger partial charge >= 0.3 is 6.18 Å². The third kappa shape index (κ3) is 4.05. The van der Waals surface area contributed by atoms with Crippen LogP contribution in [0.15, 0.2) is 30.5 Å². The van der Waals surface area contributed by atoms with E-state index in [0.29, 0.717) is 11.9 Å². The lowest BCUT2D eigenvalue weighted by Gasteiger charge is -2.13. The smallest absolute Gasteiger partial charge is 0.423 e. The fraction of sp³-hybridized carbons (Fsp3) is 0.231. The number of hydrogen-bond acceptors (Lipinski definition) is 6. The zero-order chi connectivity index (χ0) is 17.0. The van der Waals surface area contributed by atoms with Gasteiger partial charge in [-0.3, -0.25) is 10.1 Å². The molecule has 1 aromatic heterocycles. The minimum Gasteiger partial charge on any atom is -0.477 e. The third-order valence-corrected chi connectivity index (χ3v) is 2.67. The van der Waals surface area contributed by atoms with E-state index in [1.807, 2.05) is 0 Å². The zero-order valence-corrected chi connectivity index (χ0v) is 11.8. The lowest BCUT2D eigenvalue weighted by atomic mass is 10.3. The predicted molar refractivity (Wildman–Crippen MR) is 74.6 cm³/mol. The van der Waals surface area contributed by atoms with Crippen molar-refractivity contribution in [1.29, 1.82) is 0 Å². The molecule has 0 bridgehead atoms. The van der Waals surface area contributed by atoms with Gasteiger partial charge in [-0.25, -0.2) is 4.98 Å². The first-order valence-corrected chi connectivity index (χ1v) is 6.39. The van der Waals surface area contributed by atoms with Crippen molar-refractivity contribution in [1.82, 2.24) is 9.97 Å². The Morgan fingerprint density at radius 3 is 2.48 bits per heavy atom. The van der Waals surface area contributed by atoms with Crippen molar-refractivity contribution in [3.63, 3.8) is 0 Å². The molecule has 0 amide bonds. The Labute approximate surface area is 128 Å². The molecule has 1 heterocycles. The number of aromatic nitrogens is 2. The van der Waals surface area contributed by atoms with Crippen molar-refractivity contribution in [3.8, 4) is 5.88 Å². The van der Waals surface area contributed by atoms with Gasteiger partial charge in [0, 0.05) is 24.0 Å². The number of nitro groups is 1. The number of rotatable bonds is 5. The minimum absolute atomic E-state index is 0.0110. The fourth-order valence-electron chi connectivity index (χ4n) is 1.66. The molecule has 0 saturated carbocycles. The molecule has 2 rings (SSSR count). The molecule has 0 fully saturated rings. The van der Waals surface area contributed by atoms with Crippen molar-refractivity contribution in [2.45, 2.75) is 13.1 Å². The van der Waals surface area contributed by atoms with Crippen LogP contribution in [-0.4, -0.2) is 21.5 Å². The normalized spacial score (nSPS) is 11.1. The Balaban J connectivity index is 2.26. The van der Waals surface area contributed by atoms with Crippen molar-refractivity contribution in [2.24, 2.45) is 0 Å². The molecule has 0 atom stereocenters. The van der Waals surface area contributed by atoms with Crippen LogP contribution in [0.25, 0.3) is 0 Å². The van der Waals surface area contributed by atoms with E-state index in [-0.39, 0.29) is 18.2 Å². The molecule has 1 N–H and O–H groups in total. The van der Waals surface area contributed by atoms with E-state index < -0.39 is 22.5 Å². The summed E-state index contributed by atoms with van der Waals surface area (Å²) in [6.07, 6.45) is -4.01. The molecule has 0 aliphatic heterocycles. The van der Waals surface area contributed by atoms with Gasteiger partial charge in [0.2, 0.25) is 11.8 Å². The largest absolute Gasteiger partial charge is 0.477 e. The summed E-state index contributed by atoms with van der Waals surface area (Å²) in [5, 5.41) is 13.2. The molecule has 0 spiro atoms. The highest BCUT2D eigenvalue weighted by Gasteiger charge is 2.36. The number of benzene rings is 1. The highest BCUT2D eigenvalue weighted by molar-refractivity contribution is 5.56. The Morgan fingerprint density at radius 2 is 1.96 bits per heavy atom. The number of nitrogens with zero attached hydrogens (tertiary/aromatic N) is 3. The summed E-state index contributed by atoms with van der Waals surface area (Å²) >= 11 is 0. The summed E-state index contributed by atoms with van der Waals surface area (Å²) in [6.45, 7) is 1.54. The van der Waals surface area contributed by atoms with Crippen LogP contribution in [0.2, 0.25) is 0 Å². The van der Waals surface area contributed by atoms with Crippen LogP contribution in [-0.2, 0) is 6.18 Å². The van der Waals surface area contributed by atoms with Gasteiger partial charge in [-0.1, -0.05) is 0 Å². The van der Waals surface area contributed by atoms with Crippen molar-refractivity contribution >= 4 is 17.3 Å². The second-order valence-corrected chi connectivity index (χ2v) is 4.27. The van der Waals surface area contributed by atoms with Crippen LogP contribution in [0, 0.1) is 10.1 Å². The van der Waals surface area contributed by atoms with Crippen molar-refractivity contribution < 1.29 is 22.8 Å². The van der Waals surface area contributed by atoms with Gasteiger partial charge in [-0.05, 0) is 19.1 Å². The lowest BCUT2D eigenvalue weighted by molar-refractivity contribution is -0.384. The Kier molecular flexibility index (Phi) is 4.63. The maximum absolute atomic E-state index is 12.8. The highest BCUT2D eigenvalue weighted by atomic mass is 19.4. The van der Waals surface area contributed by atoms with E-state index >= 15 is 0 Å². The number of halogens is 3. The summed E-state index contributed by atoms with van der Waals surface area (Å²) in [5.74, 6) is -0.699. The summed E-state index contributed by atoms with van der Waals surface area (Å²) < 4.78 is 43.3. The predicted octanol–water partition coefficient (Wildman–Crippen LogP) is 3.55. The average molecular weight is 328 g/mol. The Morgan fingerprint density at radius 1 is 1.30 bits per heavy atom. The molecule has 0 saturated heterocycles. The van der Waals surface area contributed by atoms with Crippen LogP contribution in [0.3, 0.4) is 0 Å². The molecule has 0 radical (unpaired) electrons. The van der Waals surface area contributed by atoms with Gasteiger partial charge in [0.15, 0.2) is 0 Å². The molecule has 122 valence electrons. The van der Waals surface area contributed by atoms with Gasteiger partial charge in [0.25, 0.3) is 5.69 Å². The third-order valence-electron chi connectivity index (χ3n) is 2.67. The second kappa shape index (κ2) is 6.46. The number of ether oxygens (including phenoxy) is 1. The van der Waals surface area contributed by atoms with E-state index in [0.717, 1.165) is 0 Å². The molecule has 7 nitrogen and oxygen atoms in total. The number of nitrogens with one attached hydrogen (secondary N) is 1. The number of non-ortho nitro benzene ring substituents is 1. The van der Waals surface area contributed by atoms with Crippen molar-refractivity contribution in [2.75, 3.05) is 11.9 Å². The first kappa shape index (κ1) is 16.5. The maximum atomic E-state index is 12.8. The minimum atomic E-state index is -4.63. The number of hydrogen-bond donors (Lipinski definition) is 1. The number of nitro benzene ring substituents is 1. The quantitative estimate of drug-likeness (QED) is 0.667. The molecule has 2 aromatic rings. The summed E-state index contributed by atoms with van der Waals surface area (Å²) in [6, 6.07) is 5.27. The topological polar surface area (TPSA) is 90.2 Å². The molecule has 0 aliphatic rings. The standard InChI is InChI=1S/C13H11F3N4O3/c1-2-23-11-10(13(14,15)16)7-17-12(19-11)18-8-3-5-9(6-4-8)20(21)22/h3-7H,2H2,1H3,(H,17,18,19). The van der Waals surface area contributed by atoms with Gasteiger partial charge in [-0.2, -0.15) is 18.2 Å². The molecule has 23 heavy (non-hydrogen) atoms. The molecular formula is C13H11F3N4O3. The molecule has 0 unspecified atom stereocenters. The van der Waals surface area contributed by atoms with E-state index in [4.69, 9.17) is 4.74 Å². The van der Waals surface area contributed by atoms with Gasteiger partial charge < -0.3 is 10.1 Å². The second-order valence-electron chi connectivity index (χ2n) is 4.27. The average Bonchev–Trinajstić information content (AvgIpc) is 2.47. The van der Waals surface area contributed by atoms with Gasteiger partial charge in [-0.15, -0.1) is 0 Å². The number of anilines is 2. The van der Waals surface area contributed by atoms with Crippen LogP contribution >= 0.6 is 0 Å². The van der Waals surface area contributed by atoms with Crippen LogP contribution < -0.4 is 10.1 Å². The Bertz CT molecular complexity index is 705. The van der Waals surface area contributed by atoms with Crippen LogP contribution in [0.4, 0.5) is 30.5 Å². The van der Waals surface area contributed by atoms with E-state index in [1.165, 1.54) is 31.2 Å². The molecule has 10 heteroatoms. The van der Waals surface area contributed by atoms with Crippen molar-refractivity contribution in [3.05, 3.63) is 46.1 Å².